The highest BCUT2D eigenvalue weighted by Crippen LogP contribution is 2.22. The SMILES string of the molecule is CCSCC(Cc1ccc(C(C)(C)C)cc1)NN. The maximum absolute atomic E-state index is 5.60. The molecule has 1 aromatic carbocycles. The van der Waals surface area contributed by atoms with Gasteiger partial charge in [-0.05, 0) is 28.7 Å². The summed E-state index contributed by atoms with van der Waals surface area (Å²) in [6.07, 6.45) is 0.994. The first-order chi connectivity index (χ1) is 8.47. The van der Waals surface area contributed by atoms with Crippen LogP contribution in [0.1, 0.15) is 38.8 Å². The van der Waals surface area contributed by atoms with Gasteiger partial charge in [0.1, 0.15) is 0 Å². The quantitative estimate of drug-likeness (QED) is 0.614. The van der Waals surface area contributed by atoms with E-state index in [4.69, 9.17) is 5.84 Å². The Morgan fingerprint density at radius 3 is 2.28 bits per heavy atom. The maximum Gasteiger partial charge on any atom is 0.0341 e. The van der Waals surface area contributed by atoms with Crippen molar-refractivity contribution in [2.75, 3.05) is 11.5 Å². The average Bonchev–Trinajstić information content (AvgIpc) is 2.34. The minimum Gasteiger partial charge on any atom is -0.271 e. The van der Waals surface area contributed by atoms with Gasteiger partial charge in [-0.3, -0.25) is 11.3 Å². The molecule has 1 unspecified atom stereocenters. The zero-order valence-electron chi connectivity index (χ0n) is 12.0. The van der Waals surface area contributed by atoms with E-state index in [1.165, 1.54) is 11.1 Å². The summed E-state index contributed by atoms with van der Waals surface area (Å²) in [5.74, 6) is 7.80. The summed E-state index contributed by atoms with van der Waals surface area (Å²) in [6.45, 7) is 8.90. The minimum absolute atomic E-state index is 0.224. The highest BCUT2D eigenvalue weighted by Gasteiger charge is 2.13. The molecule has 0 aliphatic heterocycles. The lowest BCUT2D eigenvalue weighted by molar-refractivity contribution is 0.573. The molecule has 1 atom stereocenters. The summed E-state index contributed by atoms with van der Waals surface area (Å²) in [7, 11) is 0. The largest absolute Gasteiger partial charge is 0.271 e. The molecule has 0 saturated carbocycles. The van der Waals surface area contributed by atoms with Crippen LogP contribution < -0.4 is 11.3 Å². The van der Waals surface area contributed by atoms with E-state index < -0.39 is 0 Å². The van der Waals surface area contributed by atoms with Gasteiger partial charge in [0.2, 0.25) is 0 Å². The standard InChI is InChI=1S/C15H26N2S/c1-5-18-11-14(17-16)10-12-6-8-13(9-7-12)15(2,3)4/h6-9,14,17H,5,10-11,16H2,1-4H3. The van der Waals surface area contributed by atoms with Crippen LogP contribution >= 0.6 is 11.8 Å². The first-order valence-corrected chi connectivity index (χ1v) is 7.76. The van der Waals surface area contributed by atoms with Gasteiger partial charge >= 0.3 is 0 Å². The van der Waals surface area contributed by atoms with Crippen LogP contribution in [0, 0.1) is 0 Å². The van der Waals surface area contributed by atoms with E-state index in [0.717, 1.165) is 17.9 Å². The Labute approximate surface area is 116 Å². The summed E-state index contributed by atoms with van der Waals surface area (Å²) >= 11 is 1.92. The monoisotopic (exact) mass is 266 g/mol. The molecule has 0 saturated heterocycles. The van der Waals surface area contributed by atoms with Gasteiger partial charge < -0.3 is 0 Å². The number of hydrazine groups is 1. The van der Waals surface area contributed by atoms with Crippen molar-refractivity contribution in [2.24, 2.45) is 5.84 Å². The Kier molecular flexibility index (Phi) is 6.19. The predicted octanol–water partition coefficient (Wildman–Crippen LogP) is 3.11. The molecule has 1 rings (SSSR count). The van der Waals surface area contributed by atoms with Crippen molar-refractivity contribution in [2.45, 2.75) is 45.6 Å². The molecule has 0 amide bonds. The number of nitrogens with one attached hydrogen (secondary N) is 1. The molecular formula is C15H26N2S. The van der Waals surface area contributed by atoms with Crippen molar-refractivity contribution in [1.29, 1.82) is 0 Å². The molecule has 18 heavy (non-hydrogen) atoms. The van der Waals surface area contributed by atoms with Gasteiger partial charge in [0.25, 0.3) is 0 Å². The molecule has 2 nitrogen and oxygen atoms in total. The molecule has 0 aliphatic rings. The molecule has 0 heterocycles. The van der Waals surface area contributed by atoms with Crippen molar-refractivity contribution < 1.29 is 0 Å². The second-order valence-electron chi connectivity index (χ2n) is 5.67. The summed E-state index contributed by atoms with van der Waals surface area (Å²) in [5, 5.41) is 0. The van der Waals surface area contributed by atoms with Crippen LogP contribution in [0.2, 0.25) is 0 Å². The third-order valence-corrected chi connectivity index (χ3v) is 4.11. The maximum atomic E-state index is 5.60. The van der Waals surface area contributed by atoms with E-state index in [1.807, 2.05) is 11.8 Å². The van der Waals surface area contributed by atoms with Crippen LogP contribution in [0.5, 0.6) is 0 Å². The third-order valence-electron chi connectivity index (χ3n) is 3.06. The third kappa shape index (κ3) is 5.01. The van der Waals surface area contributed by atoms with Crippen LogP contribution in [0.25, 0.3) is 0 Å². The van der Waals surface area contributed by atoms with Crippen LogP contribution in [-0.2, 0) is 11.8 Å². The Balaban J connectivity index is 2.62. The zero-order valence-corrected chi connectivity index (χ0v) is 12.8. The summed E-state index contributed by atoms with van der Waals surface area (Å²) < 4.78 is 0. The van der Waals surface area contributed by atoms with E-state index in [-0.39, 0.29) is 5.41 Å². The lowest BCUT2D eigenvalue weighted by Gasteiger charge is -2.20. The minimum atomic E-state index is 0.224. The predicted molar refractivity (Wildman–Crippen MR) is 83.0 cm³/mol. The molecule has 1 aromatic rings. The van der Waals surface area contributed by atoms with E-state index in [0.29, 0.717) is 6.04 Å². The van der Waals surface area contributed by atoms with Gasteiger partial charge in [0.05, 0.1) is 0 Å². The van der Waals surface area contributed by atoms with E-state index in [1.54, 1.807) is 0 Å². The van der Waals surface area contributed by atoms with Gasteiger partial charge in [-0.15, -0.1) is 0 Å². The molecule has 0 bridgehead atoms. The Morgan fingerprint density at radius 2 is 1.83 bits per heavy atom. The summed E-state index contributed by atoms with van der Waals surface area (Å²) in [6, 6.07) is 9.27. The number of hydrogen-bond donors (Lipinski definition) is 2. The molecule has 0 aliphatic carbocycles. The van der Waals surface area contributed by atoms with Crippen LogP contribution in [0.15, 0.2) is 24.3 Å². The molecule has 0 aromatic heterocycles. The van der Waals surface area contributed by atoms with Gasteiger partial charge in [-0.2, -0.15) is 11.8 Å². The van der Waals surface area contributed by atoms with Gasteiger partial charge in [0, 0.05) is 11.8 Å². The molecule has 0 radical (unpaired) electrons. The number of benzene rings is 1. The number of rotatable bonds is 6. The highest BCUT2D eigenvalue weighted by atomic mass is 32.2. The van der Waals surface area contributed by atoms with Gasteiger partial charge in [-0.25, -0.2) is 0 Å². The molecule has 3 heteroatoms. The summed E-state index contributed by atoms with van der Waals surface area (Å²) in [4.78, 5) is 0. The molecular weight excluding hydrogens is 240 g/mol. The smallest absolute Gasteiger partial charge is 0.0341 e. The van der Waals surface area contributed by atoms with Gasteiger partial charge in [-0.1, -0.05) is 52.0 Å². The van der Waals surface area contributed by atoms with Crippen molar-refractivity contribution in [3.63, 3.8) is 0 Å². The molecule has 0 fully saturated rings. The van der Waals surface area contributed by atoms with Crippen molar-refractivity contribution in [3.8, 4) is 0 Å². The highest BCUT2D eigenvalue weighted by molar-refractivity contribution is 7.99. The average molecular weight is 266 g/mol. The van der Waals surface area contributed by atoms with Crippen LogP contribution in [-0.4, -0.2) is 17.5 Å². The Bertz CT molecular complexity index is 341. The second kappa shape index (κ2) is 7.17. The number of nitrogens with two attached hydrogens (primary N) is 1. The normalized spacial score (nSPS) is 13.6. The van der Waals surface area contributed by atoms with E-state index >= 15 is 0 Å². The fourth-order valence-electron chi connectivity index (χ4n) is 1.85. The Hall–Kier alpha value is -0.510. The van der Waals surface area contributed by atoms with Crippen molar-refractivity contribution >= 4 is 11.8 Å². The molecule has 3 N–H and O–H groups in total. The number of thioether (sulfide) groups is 1. The molecule has 0 spiro atoms. The van der Waals surface area contributed by atoms with Crippen molar-refractivity contribution in [1.82, 2.24) is 5.43 Å². The summed E-state index contributed by atoms with van der Waals surface area (Å²) in [5.41, 5.74) is 5.86. The topological polar surface area (TPSA) is 38.0 Å². The second-order valence-corrected chi connectivity index (χ2v) is 6.99. The zero-order chi connectivity index (χ0) is 13.6. The van der Waals surface area contributed by atoms with Crippen molar-refractivity contribution in [3.05, 3.63) is 35.4 Å². The Morgan fingerprint density at radius 1 is 1.22 bits per heavy atom. The number of hydrogen-bond acceptors (Lipinski definition) is 3. The molecule has 102 valence electrons. The fraction of sp³-hybridized carbons (Fsp3) is 0.600. The van der Waals surface area contributed by atoms with Crippen LogP contribution in [0.3, 0.4) is 0 Å². The van der Waals surface area contributed by atoms with Crippen LogP contribution in [0.4, 0.5) is 0 Å². The first kappa shape index (κ1) is 15.5. The lowest BCUT2D eigenvalue weighted by Crippen LogP contribution is -2.38. The fourth-order valence-corrected chi connectivity index (χ4v) is 2.59. The van der Waals surface area contributed by atoms with Gasteiger partial charge in [0.15, 0.2) is 0 Å². The van der Waals surface area contributed by atoms with E-state index in [2.05, 4.69) is 57.4 Å². The lowest BCUT2D eigenvalue weighted by atomic mass is 9.86. The first-order valence-electron chi connectivity index (χ1n) is 6.60. The van der Waals surface area contributed by atoms with E-state index in [9.17, 15) is 0 Å².